The van der Waals surface area contributed by atoms with Crippen LogP contribution in [0.3, 0.4) is 0 Å². The third-order valence-electron chi connectivity index (χ3n) is 4.38. The van der Waals surface area contributed by atoms with Crippen LogP contribution in [0.5, 0.6) is 0 Å². The zero-order chi connectivity index (χ0) is 16.7. The van der Waals surface area contributed by atoms with Gasteiger partial charge in [0.15, 0.2) is 10.8 Å². The molecule has 0 saturated carbocycles. The van der Waals surface area contributed by atoms with Crippen LogP contribution in [0.2, 0.25) is 0 Å². The number of hydrogen-bond donors (Lipinski definition) is 1. The molecule has 1 N–H and O–H groups in total. The molecule has 1 amide bonds. The fourth-order valence-corrected chi connectivity index (χ4v) is 4.29. The van der Waals surface area contributed by atoms with Gasteiger partial charge in [0.05, 0.1) is 10.4 Å². The van der Waals surface area contributed by atoms with Gasteiger partial charge >= 0.3 is 0 Å². The molecule has 1 aromatic carbocycles. The SMILES string of the molecule is Cc1nn(C)c2nc(N3CCNC(=O)[C@@H]3Cc3ccccc3)sc12. The quantitative estimate of drug-likeness (QED) is 0.790. The number of piperazine rings is 1. The molecule has 124 valence electrons. The number of aromatic nitrogens is 3. The number of amides is 1. The van der Waals surface area contributed by atoms with Crippen LogP contribution in [0.15, 0.2) is 30.3 Å². The van der Waals surface area contributed by atoms with Gasteiger partial charge in [0, 0.05) is 26.6 Å². The summed E-state index contributed by atoms with van der Waals surface area (Å²) < 4.78 is 2.90. The van der Waals surface area contributed by atoms with Crippen molar-refractivity contribution in [1.82, 2.24) is 20.1 Å². The number of hydrogen-bond acceptors (Lipinski definition) is 5. The smallest absolute Gasteiger partial charge is 0.243 e. The molecule has 0 spiro atoms. The lowest BCUT2D eigenvalue weighted by molar-refractivity contribution is -0.123. The van der Waals surface area contributed by atoms with Crippen LogP contribution in [0.4, 0.5) is 5.13 Å². The van der Waals surface area contributed by atoms with Crippen LogP contribution in [0.25, 0.3) is 10.3 Å². The Bertz CT molecular complexity index is 851. The van der Waals surface area contributed by atoms with Gasteiger partial charge in [0.1, 0.15) is 6.04 Å². The summed E-state index contributed by atoms with van der Waals surface area (Å²) in [6, 6.07) is 9.90. The maximum Gasteiger partial charge on any atom is 0.243 e. The lowest BCUT2D eigenvalue weighted by Gasteiger charge is -2.34. The van der Waals surface area contributed by atoms with E-state index in [9.17, 15) is 4.79 Å². The molecule has 6 nitrogen and oxygen atoms in total. The van der Waals surface area contributed by atoms with Crippen LogP contribution >= 0.6 is 11.3 Å². The summed E-state index contributed by atoms with van der Waals surface area (Å²) in [6.45, 7) is 3.42. The molecule has 1 fully saturated rings. The van der Waals surface area contributed by atoms with Crippen molar-refractivity contribution in [2.45, 2.75) is 19.4 Å². The monoisotopic (exact) mass is 341 g/mol. The molecular weight excluding hydrogens is 322 g/mol. The highest BCUT2D eigenvalue weighted by Gasteiger charge is 2.32. The minimum Gasteiger partial charge on any atom is -0.353 e. The Balaban J connectivity index is 1.69. The number of thiazole rings is 1. The van der Waals surface area contributed by atoms with Gasteiger partial charge in [-0.3, -0.25) is 4.79 Å². The average Bonchev–Trinajstić information content (AvgIpc) is 3.12. The third kappa shape index (κ3) is 2.54. The van der Waals surface area contributed by atoms with Crippen LogP contribution < -0.4 is 10.2 Å². The van der Waals surface area contributed by atoms with Gasteiger partial charge in [-0.25, -0.2) is 9.67 Å². The first kappa shape index (κ1) is 15.1. The summed E-state index contributed by atoms with van der Waals surface area (Å²) in [5, 5.41) is 8.29. The van der Waals surface area contributed by atoms with E-state index in [1.54, 1.807) is 16.0 Å². The molecular formula is C17H19N5OS. The largest absolute Gasteiger partial charge is 0.353 e. The molecule has 2 aromatic heterocycles. The Hall–Kier alpha value is -2.41. The van der Waals surface area contributed by atoms with Gasteiger partial charge in [-0.1, -0.05) is 41.7 Å². The molecule has 1 saturated heterocycles. The summed E-state index contributed by atoms with van der Waals surface area (Å²) in [6.07, 6.45) is 0.680. The molecule has 0 radical (unpaired) electrons. The van der Waals surface area contributed by atoms with Crippen LogP contribution in [-0.2, 0) is 18.3 Å². The van der Waals surface area contributed by atoms with Crippen molar-refractivity contribution in [2.75, 3.05) is 18.0 Å². The first-order chi connectivity index (χ1) is 11.6. The van der Waals surface area contributed by atoms with Gasteiger partial charge in [-0.15, -0.1) is 0 Å². The summed E-state index contributed by atoms with van der Waals surface area (Å²) in [5.41, 5.74) is 3.03. The van der Waals surface area contributed by atoms with Crippen molar-refractivity contribution in [1.29, 1.82) is 0 Å². The highest BCUT2D eigenvalue weighted by atomic mass is 32.1. The molecule has 4 rings (SSSR count). The first-order valence-corrected chi connectivity index (χ1v) is 8.83. The molecule has 0 aliphatic carbocycles. The first-order valence-electron chi connectivity index (χ1n) is 8.02. The molecule has 1 aliphatic heterocycles. The average molecular weight is 341 g/mol. The summed E-state index contributed by atoms with van der Waals surface area (Å²) in [5.74, 6) is 0.0687. The molecule has 7 heteroatoms. The Morgan fingerprint density at radius 1 is 1.33 bits per heavy atom. The number of rotatable bonds is 3. The van der Waals surface area contributed by atoms with E-state index in [0.717, 1.165) is 33.3 Å². The normalized spacial score (nSPS) is 18.2. The molecule has 3 aromatic rings. The molecule has 0 unspecified atom stereocenters. The van der Waals surface area contributed by atoms with Gasteiger partial charge < -0.3 is 10.2 Å². The summed E-state index contributed by atoms with van der Waals surface area (Å²) >= 11 is 1.62. The molecule has 3 heterocycles. The molecule has 0 bridgehead atoms. The van der Waals surface area contributed by atoms with Crippen LogP contribution in [0.1, 0.15) is 11.3 Å². The minimum atomic E-state index is -0.227. The van der Waals surface area contributed by atoms with Gasteiger partial charge in [-0.05, 0) is 12.5 Å². The zero-order valence-electron chi connectivity index (χ0n) is 13.7. The second-order valence-corrected chi connectivity index (χ2v) is 7.03. The highest BCUT2D eigenvalue weighted by molar-refractivity contribution is 7.22. The fraction of sp³-hybridized carbons (Fsp3) is 0.353. The summed E-state index contributed by atoms with van der Waals surface area (Å²) in [4.78, 5) is 19.4. The Morgan fingerprint density at radius 2 is 2.12 bits per heavy atom. The lowest BCUT2D eigenvalue weighted by atomic mass is 10.0. The predicted octanol–water partition coefficient (Wildman–Crippen LogP) is 1.89. The van der Waals surface area contributed by atoms with Crippen molar-refractivity contribution in [3.8, 4) is 0 Å². The molecule has 24 heavy (non-hydrogen) atoms. The van der Waals surface area contributed by atoms with E-state index < -0.39 is 0 Å². The number of fused-ring (bicyclic) bond motifs is 1. The topological polar surface area (TPSA) is 63.1 Å². The number of anilines is 1. The van der Waals surface area contributed by atoms with Crippen molar-refractivity contribution in [3.63, 3.8) is 0 Å². The Kier molecular flexibility index (Phi) is 3.72. The number of carbonyl (C=O) groups excluding carboxylic acids is 1. The number of benzene rings is 1. The van der Waals surface area contributed by atoms with Crippen molar-refractivity contribution < 1.29 is 4.79 Å². The van der Waals surface area contributed by atoms with Gasteiger partial charge in [-0.2, -0.15) is 5.10 Å². The van der Waals surface area contributed by atoms with Crippen molar-refractivity contribution >= 4 is 32.7 Å². The van der Waals surface area contributed by atoms with Crippen LogP contribution in [0, 0.1) is 6.92 Å². The standard InChI is InChI=1S/C17H19N5OS/c1-11-14-15(21(2)20-11)19-17(24-14)22-9-8-18-16(23)13(22)10-12-6-4-3-5-7-12/h3-7,13H,8-10H2,1-2H3,(H,18,23)/t13-/m0/s1. The van der Waals surface area contributed by atoms with E-state index in [1.165, 1.54) is 0 Å². The van der Waals surface area contributed by atoms with Crippen molar-refractivity contribution in [2.24, 2.45) is 7.05 Å². The maximum atomic E-state index is 12.5. The zero-order valence-corrected chi connectivity index (χ0v) is 14.5. The van der Waals surface area contributed by atoms with E-state index >= 15 is 0 Å². The van der Waals surface area contributed by atoms with Gasteiger partial charge in [0.25, 0.3) is 0 Å². The van der Waals surface area contributed by atoms with Gasteiger partial charge in [0.2, 0.25) is 5.91 Å². The number of carbonyl (C=O) groups is 1. The summed E-state index contributed by atoms with van der Waals surface area (Å²) in [7, 11) is 1.91. The Labute approximate surface area is 144 Å². The maximum absolute atomic E-state index is 12.5. The predicted molar refractivity (Wildman–Crippen MR) is 95.4 cm³/mol. The Morgan fingerprint density at radius 3 is 2.88 bits per heavy atom. The fourth-order valence-electron chi connectivity index (χ4n) is 3.18. The molecule has 1 atom stereocenters. The van der Waals surface area contributed by atoms with E-state index in [1.807, 2.05) is 32.2 Å². The van der Waals surface area contributed by atoms with E-state index in [-0.39, 0.29) is 11.9 Å². The van der Waals surface area contributed by atoms with Crippen molar-refractivity contribution in [3.05, 3.63) is 41.6 Å². The lowest BCUT2D eigenvalue weighted by Crippen LogP contribution is -2.56. The van der Waals surface area contributed by atoms with Crippen LogP contribution in [-0.4, -0.2) is 39.8 Å². The second kappa shape index (κ2) is 5.90. The second-order valence-electron chi connectivity index (χ2n) is 6.05. The molecule has 1 aliphatic rings. The third-order valence-corrected chi connectivity index (χ3v) is 5.57. The number of nitrogens with one attached hydrogen (secondary N) is 1. The minimum absolute atomic E-state index is 0.0687. The van der Waals surface area contributed by atoms with E-state index in [0.29, 0.717) is 13.0 Å². The van der Waals surface area contributed by atoms with E-state index in [4.69, 9.17) is 4.98 Å². The van der Waals surface area contributed by atoms with E-state index in [2.05, 4.69) is 27.4 Å². The number of nitrogens with zero attached hydrogens (tertiary/aromatic N) is 4. The number of aryl methyl sites for hydroxylation is 2. The highest BCUT2D eigenvalue weighted by Crippen LogP contribution is 2.32.